The molecule has 0 aromatic heterocycles. The number of carbonyl (C=O) groups excluding carboxylic acids is 2. The van der Waals surface area contributed by atoms with Gasteiger partial charge in [-0.05, 0) is 77.0 Å². The zero-order valence-corrected chi connectivity index (χ0v) is 33.1. The molecule has 298 valence electrons. The van der Waals surface area contributed by atoms with Gasteiger partial charge in [0.2, 0.25) is 0 Å². The summed E-state index contributed by atoms with van der Waals surface area (Å²) in [5.41, 5.74) is 5.33. The van der Waals surface area contributed by atoms with Crippen LogP contribution in [-0.2, 0) is 37.4 Å². The van der Waals surface area contributed by atoms with Gasteiger partial charge >= 0.3 is 19.8 Å². The molecule has 1 aliphatic rings. The highest BCUT2D eigenvalue weighted by Crippen LogP contribution is 2.43. The van der Waals surface area contributed by atoms with E-state index in [0.29, 0.717) is 19.3 Å². The Morgan fingerprint density at radius 2 is 1.25 bits per heavy atom. The normalized spacial score (nSPS) is 17.9. The van der Waals surface area contributed by atoms with E-state index in [-0.39, 0.29) is 44.8 Å². The van der Waals surface area contributed by atoms with E-state index in [9.17, 15) is 19.0 Å². The van der Waals surface area contributed by atoms with Gasteiger partial charge in [-0.15, -0.1) is 0 Å². The van der Waals surface area contributed by atoms with Crippen molar-refractivity contribution in [3.63, 3.8) is 0 Å². The number of rotatable bonds is 35. The van der Waals surface area contributed by atoms with Crippen LogP contribution < -0.4 is 5.73 Å². The first-order valence-electron chi connectivity index (χ1n) is 19.9. The van der Waals surface area contributed by atoms with Gasteiger partial charge in [0.25, 0.3) is 0 Å². The van der Waals surface area contributed by atoms with Crippen molar-refractivity contribution in [2.24, 2.45) is 5.73 Å². The van der Waals surface area contributed by atoms with Gasteiger partial charge in [0.05, 0.1) is 25.4 Å². The van der Waals surface area contributed by atoms with Crippen molar-refractivity contribution in [2.45, 2.75) is 161 Å². The maximum Gasteiger partial charge on any atom is 0.472 e. The number of nitrogens with two attached hydrogens (primary N) is 1. The summed E-state index contributed by atoms with van der Waals surface area (Å²) < 4.78 is 38.4. The molecule has 0 saturated carbocycles. The highest BCUT2D eigenvalue weighted by atomic mass is 31.2. The number of epoxide rings is 1. The maximum absolute atomic E-state index is 12.6. The van der Waals surface area contributed by atoms with E-state index in [1.807, 2.05) is 6.08 Å². The summed E-state index contributed by atoms with van der Waals surface area (Å²) in [6.07, 6.45) is 40.0. The third kappa shape index (κ3) is 30.2. The molecule has 1 aliphatic heterocycles. The second-order valence-corrected chi connectivity index (χ2v) is 14.6. The topological polar surface area (TPSA) is 147 Å². The number of ether oxygens (including phenoxy) is 3. The number of carbonyl (C=O) groups is 2. The van der Waals surface area contributed by atoms with Crippen LogP contribution >= 0.6 is 7.82 Å². The van der Waals surface area contributed by atoms with Crippen molar-refractivity contribution in [1.82, 2.24) is 0 Å². The highest BCUT2D eigenvalue weighted by molar-refractivity contribution is 7.47. The van der Waals surface area contributed by atoms with Gasteiger partial charge in [0.1, 0.15) is 6.61 Å². The molecule has 3 N–H and O–H groups in total. The van der Waals surface area contributed by atoms with E-state index >= 15 is 0 Å². The summed E-state index contributed by atoms with van der Waals surface area (Å²) in [6, 6.07) is 0. The molecule has 0 amide bonds. The number of unbranched alkanes of at least 4 members (excludes halogenated alkanes) is 10. The number of hydrogen-bond donors (Lipinski definition) is 2. The maximum atomic E-state index is 12.6. The van der Waals surface area contributed by atoms with Gasteiger partial charge in [0, 0.05) is 19.4 Å². The Kier molecular flexibility index (Phi) is 30.5. The number of hydrogen-bond acceptors (Lipinski definition) is 9. The minimum Gasteiger partial charge on any atom is -0.462 e. The molecule has 0 aromatic carbocycles. The van der Waals surface area contributed by atoms with Gasteiger partial charge in [-0.2, -0.15) is 0 Å². The lowest BCUT2D eigenvalue weighted by atomic mass is 10.1. The Morgan fingerprint density at radius 1 is 0.692 bits per heavy atom. The Labute approximate surface area is 314 Å². The first-order chi connectivity index (χ1) is 25.3. The van der Waals surface area contributed by atoms with Crippen LogP contribution in [0.5, 0.6) is 0 Å². The molecule has 10 nitrogen and oxygen atoms in total. The average Bonchev–Trinajstić information content (AvgIpc) is 3.89. The summed E-state index contributed by atoms with van der Waals surface area (Å²) in [6.45, 7) is 3.48. The van der Waals surface area contributed by atoms with Crippen molar-refractivity contribution in [3.05, 3.63) is 60.8 Å². The quantitative estimate of drug-likeness (QED) is 0.0211. The third-order valence-corrected chi connectivity index (χ3v) is 9.27. The number of allylic oxidation sites excluding steroid dienone is 8. The fourth-order valence-electron chi connectivity index (χ4n) is 5.23. The third-order valence-electron chi connectivity index (χ3n) is 8.29. The van der Waals surface area contributed by atoms with E-state index in [1.165, 1.54) is 32.1 Å². The molecule has 0 radical (unpaired) electrons. The molecule has 0 aromatic rings. The Hall–Kier alpha value is -2.33. The lowest BCUT2D eigenvalue weighted by Crippen LogP contribution is -2.29. The number of esters is 2. The Morgan fingerprint density at radius 3 is 1.92 bits per heavy atom. The van der Waals surface area contributed by atoms with Gasteiger partial charge in [0.15, 0.2) is 6.10 Å². The fraction of sp³-hybridized carbons (Fsp3) is 0.707. The highest BCUT2D eigenvalue weighted by Gasteiger charge is 2.36. The fourth-order valence-corrected chi connectivity index (χ4v) is 6.00. The van der Waals surface area contributed by atoms with Crippen LogP contribution in [0.1, 0.15) is 142 Å². The molecule has 1 saturated heterocycles. The summed E-state index contributed by atoms with van der Waals surface area (Å²) in [5, 5.41) is 0. The second kappa shape index (κ2) is 33.3. The zero-order valence-electron chi connectivity index (χ0n) is 32.2. The summed E-state index contributed by atoms with van der Waals surface area (Å²) in [5.74, 6) is -0.922. The Bertz CT molecular complexity index is 1100. The zero-order chi connectivity index (χ0) is 38.0. The van der Waals surface area contributed by atoms with Gasteiger partial charge in [-0.3, -0.25) is 18.6 Å². The Balaban J connectivity index is 2.28. The molecule has 0 aliphatic carbocycles. The van der Waals surface area contributed by atoms with Crippen LogP contribution in [0, 0.1) is 0 Å². The number of phosphoric ester groups is 1. The minimum atomic E-state index is -4.40. The SMILES string of the molecule is CC/C=C\C/C=C\C/C=C\CC1OC1C/C=C\CCCC(=O)OC(COC(=O)CCCCCCC/C=C\CCCCCC)COP(=O)(O)OCCN. The van der Waals surface area contributed by atoms with Crippen molar-refractivity contribution in [3.8, 4) is 0 Å². The van der Waals surface area contributed by atoms with Crippen LogP contribution in [0.25, 0.3) is 0 Å². The lowest BCUT2D eigenvalue weighted by molar-refractivity contribution is -0.161. The van der Waals surface area contributed by atoms with Crippen LogP contribution in [0.15, 0.2) is 60.8 Å². The summed E-state index contributed by atoms with van der Waals surface area (Å²) >= 11 is 0. The average molecular weight is 752 g/mol. The standard InChI is InChI=1S/C41H70NO9P/c1-3-5-7-9-11-13-14-15-16-18-20-22-27-31-40(43)47-35-37(36-49-52(45,46)48-34-33-42)50-41(44)32-28-24-23-26-30-39-38(51-39)29-25-21-19-17-12-10-8-6-4-2/h6,8,12-14,17,21,23,25-26,37-39H,3-5,7,9-11,15-16,18-20,22,24,27-36,42H2,1-2H3,(H,45,46)/b8-6-,14-13-,17-12-,25-21-,26-23-. The van der Waals surface area contributed by atoms with Crippen molar-refractivity contribution < 1.29 is 42.3 Å². The van der Waals surface area contributed by atoms with Crippen molar-refractivity contribution in [1.29, 1.82) is 0 Å². The lowest BCUT2D eigenvalue weighted by Gasteiger charge is -2.19. The predicted molar refractivity (Wildman–Crippen MR) is 210 cm³/mol. The summed E-state index contributed by atoms with van der Waals surface area (Å²) in [4.78, 5) is 34.8. The first kappa shape index (κ1) is 47.7. The molecule has 4 atom stereocenters. The molecular weight excluding hydrogens is 681 g/mol. The van der Waals surface area contributed by atoms with Crippen LogP contribution in [0.4, 0.5) is 0 Å². The van der Waals surface area contributed by atoms with Gasteiger partial charge in [-0.25, -0.2) is 4.57 Å². The molecule has 52 heavy (non-hydrogen) atoms. The monoisotopic (exact) mass is 751 g/mol. The van der Waals surface area contributed by atoms with Gasteiger partial charge < -0.3 is 24.8 Å². The van der Waals surface area contributed by atoms with E-state index in [0.717, 1.165) is 64.2 Å². The molecule has 0 bridgehead atoms. The van der Waals surface area contributed by atoms with E-state index in [2.05, 4.69) is 68.5 Å². The minimum absolute atomic E-state index is 0.0377. The van der Waals surface area contributed by atoms with Gasteiger partial charge in [-0.1, -0.05) is 113 Å². The van der Waals surface area contributed by atoms with Crippen LogP contribution in [0.3, 0.4) is 0 Å². The van der Waals surface area contributed by atoms with E-state index in [1.54, 1.807) is 0 Å². The molecule has 11 heteroatoms. The van der Waals surface area contributed by atoms with E-state index < -0.39 is 32.5 Å². The van der Waals surface area contributed by atoms with Crippen LogP contribution in [0.2, 0.25) is 0 Å². The van der Waals surface area contributed by atoms with Crippen molar-refractivity contribution >= 4 is 19.8 Å². The number of phosphoric acid groups is 1. The first-order valence-corrected chi connectivity index (χ1v) is 21.4. The molecule has 1 rings (SSSR count). The predicted octanol–water partition coefficient (Wildman–Crippen LogP) is 9.92. The molecular formula is C41H70NO9P. The van der Waals surface area contributed by atoms with Crippen molar-refractivity contribution in [2.75, 3.05) is 26.4 Å². The molecule has 0 spiro atoms. The molecule has 1 fully saturated rings. The second-order valence-electron chi connectivity index (χ2n) is 13.2. The smallest absolute Gasteiger partial charge is 0.462 e. The molecule has 1 heterocycles. The summed E-state index contributed by atoms with van der Waals surface area (Å²) in [7, 11) is -4.40. The van der Waals surface area contributed by atoms with Crippen LogP contribution in [-0.4, -0.2) is 61.5 Å². The van der Waals surface area contributed by atoms with E-state index in [4.69, 9.17) is 29.0 Å². The molecule has 4 unspecified atom stereocenters. The largest absolute Gasteiger partial charge is 0.472 e.